The first-order valence-electron chi connectivity index (χ1n) is 4.60. The van der Waals surface area contributed by atoms with E-state index in [-0.39, 0.29) is 0 Å². The van der Waals surface area contributed by atoms with Gasteiger partial charge in [0.2, 0.25) is 0 Å². The van der Waals surface area contributed by atoms with Crippen LogP contribution >= 0.6 is 0 Å². The Morgan fingerprint density at radius 3 is 2.79 bits per heavy atom. The van der Waals surface area contributed by atoms with E-state index < -0.39 is 0 Å². The molecule has 0 bridgehead atoms. The van der Waals surface area contributed by atoms with E-state index in [0.717, 1.165) is 16.9 Å². The van der Waals surface area contributed by atoms with Crippen molar-refractivity contribution in [2.45, 2.75) is 19.9 Å². The van der Waals surface area contributed by atoms with Gasteiger partial charge in [0.1, 0.15) is 12.1 Å². The molecule has 14 heavy (non-hydrogen) atoms. The molecule has 0 saturated heterocycles. The Labute approximate surface area is 82.2 Å². The molecular weight excluding hydrogens is 178 g/mol. The van der Waals surface area contributed by atoms with Crippen molar-refractivity contribution in [2.75, 3.05) is 12.4 Å². The van der Waals surface area contributed by atoms with Gasteiger partial charge in [-0.25, -0.2) is 14.6 Å². The van der Waals surface area contributed by atoms with Gasteiger partial charge in [-0.2, -0.15) is 5.10 Å². The molecule has 0 spiro atoms. The number of fused-ring (bicyclic) bond motifs is 1. The molecule has 0 aromatic carbocycles. The second-order valence-electron chi connectivity index (χ2n) is 3.39. The van der Waals surface area contributed by atoms with E-state index in [9.17, 15) is 0 Å². The minimum atomic E-state index is 0.312. The van der Waals surface area contributed by atoms with Crippen LogP contribution in [-0.4, -0.2) is 26.8 Å². The molecule has 0 fully saturated rings. The van der Waals surface area contributed by atoms with Gasteiger partial charge >= 0.3 is 0 Å². The molecule has 0 amide bonds. The van der Waals surface area contributed by atoms with E-state index in [0.29, 0.717) is 6.04 Å². The molecule has 1 N–H and O–H groups in total. The molecule has 74 valence electrons. The summed E-state index contributed by atoms with van der Waals surface area (Å²) in [4.78, 5) is 8.34. The summed E-state index contributed by atoms with van der Waals surface area (Å²) in [6, 6.07) is 0.312. The lowest BCUT2D eigenvalue weighted by atomic mass is 10.3. The van der Waals surface area contributed by atoms with E-state index in [2.05, 4.69) is 34.2 Å². The summed E-state index contributed by atoms with van der Waals surface area (Å²) in [7, 11) is 1.84. The fourth-order valence-corrected chi connectivity index (χ4v) is 1.44. The molecule has 0 atom stereocenters. The molecular formula is C9H13N5. The quantitative estimate of drug-likeness (QED) is 0.780. The highest BCUT2D eigenvalue weighted by atomic mass is 15.3. The van der Waals surface area contributed by atoms with Gasteiger partial charge in [-0.1, -0.05) is 0 Å². The summed E-state index contributed by atoms with van der Waals surface area (Å²) in [6.07, 6.45) is 3.34. The molecule has 2 heterocycles. The van der Waals surface area contributed by atoms with Crippen LogP contribution in [0.1, 0.15) is 19.9 Å². The molecule has 2 rings (SSSR count). The zero-order valence-corrected chi connectivity index (χ0v) is 8.52. The third-order valence-corrected chi connectivity index (χ3v) is 2.12. The lowest BCUT2D eigenvalue weighted by Crippen LogP contribution is -2.03. The molecule has 0 aliphatic carbocycles. The maximum atomic E-state index is 4.28. The van der Waals surface area contributed by atoms with Crippen molar-refractivity contribution < 1.29 is 0 Å². The topological polar surface area (TPSA) is 55.6 Å². The third-order valence-electron chi connectivity index (χ3n) is 2.12. The van der Waals surface area contributed by atoms with Gasteiger partial charge in [0.25, 0.3) is 0 Å². The number of aromatic nitrogens is 4. The molecule has 0 radical (unpaired) electrons. The van der Waals surface area contributed by atoms with Gasteiger partial charge in [-0.05, 0) is 13.8 Å². The summed E-state index contributed by atoms with van der Waals surface area (Å²) >= 11 is 0. The lowest BCUT2D eigenvalue weighted by molar-refractivity contribution is 0.546. The number of anilines is 1. The maximum Gasteiger partial charge on any atom is 0.163 e. The van der Waals surface area contributed by atoms with Crippen LogP contribution < -0.4 is 5.32 Å². The minimum absolute atomic E-state index is 0.312. The van der Waals surface area contributed by atoms with Crippen LogP contribution in [0.3, 0.4) is 0 Å². The van der Waals surface area contributed by atoms with E-state index >= 15 is 0 Å². The average molecular weight is 191 g/mol. The number of hydrogen-bond donors (Lipinski definition) is 1. The monoisotopic (exact) mass is 191 g/mol. The van der Waals surface area contributed by atoms with Gasteiger partial charge in [0.15, 0.2) is 5.65 Å². The van der Waals surface area contributed by atoms with Gasteiger partial charge in [-0.3, -0.25) is 0 Å². The minimum Gasteiger partial charge on any atom is -0.372 e. The highest BCUT2D eigenvalue weighted by Crippen LogP contribution is 2.20. The van der Waals surface area contributed by atoms with Crippen molar-refractivity contribution in [1.82, 2.24) is 19.7 Å². The molecule has 2 aromatic heterocycles. The highest BCUT2D eigenvalue weighted by molar-refractivity contribution is 5.85. The lowest BCUT2D eigenvalue weighted by Gasteiger charge is -2.06. The zero-order chi connectivity index (χ0) is 10.1. The van der Waals surface area contributed by atoms with Crippen molar-refractivity contribution in [2.24, 2.45) is 0 Å². The van der Waals surface area contributed by atoms with Crippen LogP contribution in [0.25, 0.3) is 11.0 Å². The summed E-state index contributed by atoms with van der Waals surface area (Å²) < 4.78 is 1.89. The van der Waals surface area contributed by atoms with Crippen molar-refractivity contribution in [1.29, 1.82) is 0 Å². The number of nitrogens with zero attached hydrogens (tertiary/aromatic N) is 4. The Morgan fingerprint density at radius 2 is 2.14 bits per heavy atom. The van der Waals surface area contributed by atoms with Crippen molar-refractivity contribution in [3.63, 3.8) is 0 Å². The van der Waals surface area contributed by atoms with Crippen LogP contribution in [0.5, 0.6) is 0 Å². The Bertz CT molecular complexity index is 445. The second-order valence-corrected chi connectivity index (χ2v) is 3.39. The second kappa shape index (κ2) is 3.25. The fourth-order valence-electron chi connectivity index (χ4n) is 1.44. The Kier molecular flexibility index (Phi) is 2.07. The SMILES string of the molecule is CNc1ncnc2c1cnn2C(C)C. The predicted octanol–water partition coefficient (Wildman–Crippen LogP) is 1.45. The van der Waals surface area contributed by atoms with E-state index in [1.165, 1.54) is 0 Å². The molecule has 5 heteroatoms. The molecule has 0 aliphatic rings. The van der Waals surface area contributed by atoms with Crippen LogP contribution in [-0.2, 0) is 0 Å². The smallest absolute Gasteiger partial charge is 0.163 e. The number of rotatable bonds is 2. The van der Waals surface area contributed by atoms with Crippen molar-refractivity contribution in [3.8, 4) is 0 Å². The summed E-state index contributed by atoms with van der Waals surface area (Å²) in [6.45, 7) is 4.15. The Hall–Kier alpha value is -1.65. The predicted molar refractivity (Wildman–Crippen MR) is 55.3 cm³/mol. The molecule has 2 aromatic rings. The fraction of sp³-hybridized carbons (Fsp3) is 0.444. The zero-order valence-electron chi connectivity index (χ0n) is 8.52. The first kappa shape index (κ1) is 8.93. The first-order valence-corrected chi connectivity index (χ1v) is 4.60. The van der Waals surface area contributed by atoms with Gasteiger partial charge in [0.05, 0.1) is 11.6 Å². The van der Waals surface area contributed by atoms with Gasteiger partial charge in [0, 0.05) is 13.1 Å². The standard InChI is InChI=1S/C9H13N5/c1-6(2)14-9-7(4-13-14)8(10-3)11-5-12-9/h4-6H,1-3H3,(H,10,11,12). The maximum absolute atomic E-state index is 4.28. The largest absolute Gasteiger partial charge is 0.372 e. The van der Waals surface area contributed by atoms with Crippen LogP contribution in [0, 0.1) is 0 Å². The molecule has 0 saturated carbocycles. The first-order chi connectivity index (χ1) is 6.74. The van der Waals surface area contributed by atoms with Gasteiger partial charge in [-0.15, -0.1) is 0 Å². The average Bonchev–Trinajstić information content (AvgIpc) is 2.60. The van der Waals surface area contributed by atoms with E-state index in [4.69, 9.17) is 0 Å². The molecule has 0 aliphatic heterocycles. The Balaban J connectivity index is 2.69. The summed E-state index contributed by atoms with van der Waals surface area (Å²) in [5.41, 5.74) is 0.874. The van der Waals surface area contributed by atoms with Gasteiger partial charge < -0.3 is 5.32 Å². The van der Waals surface area contributed by atoms with Crippen LogP contribution in [0.4, 0.5) is 5.82 Å². The van der Waals surface area contributed by atoms with Crippen molar-refractivity contribution >= 4 is 16.9 Å². The van der Waals surface area contributed by atoms with E-state index in [1.54, 1.807) is 12.5 Å². The summed E-state index contributed by atoms with van der Waals surface area (Å²) in [5, 5.41) is 8.26. The van der Waals surface area contributed by atoms with E-state index in [1.807, 2.05) is 11.7 Å². The number of hydrogen-bond acceptors (Lipinski definition) is 4. The number of nitrogens with one attached hydrogen (secondary N) is 1. The highest BCUT2D eigenvalue weighted by Gasteiger charge is 2.09. The molecule has 5 nitrogen and oxygen atoms in total. The molecule has 0 unspecified atom stereocenters. The van der Waals surface area contributed by atoms with Crippen LogP contribution in [0.2, 0.25) is 0 Å². The normalized spacial score (nSPS) is 11.1. The Morgan fingerprint density at radius 1 is 1.36 bits per heavy atom. The third kappa shape index (κ3) is 1.21. The summed E-state index contributed by atoms with van der Waals surface area (Å²) in [5.74, 6) is 0.821. The van der Waals surface area contributed by atoms with Crippen LogP contribution in [0.15, 0.2) is 12.5 Å². The van der Waals surface area contributed by atoms with Crippen molar-refractivity contribution in [3.05, 3.63) is 12.5 Å².